The summed E-state index contributed by atoms with van der Waals surface area (Å²) in [5.74, 6) is -0.140. The summed E-state index contributed by atoms with van der Waals surface area (Å²) in [4.78, 5) is 12.3. The van der Waals surface area contributed by atoms with Gasteiger partial charge in [-0.25, -0.2) is 0 Å². The van der Waals surface area contributed by atoms with Crippen molar-refractivity contribution >= 4 is 5.78 Å². The number of hydrogen-bond acceptors (Lipinski definition) is 3. The molecule has 0 aromatic heterocycles. The van der Waals surface area contributed by atoms with Gasteiger partial charge in [0.25, 0.3) is 0 Å². The van der Waals surface area contributed by atoms with Gasteiger partial charge >= 0.3 is 0 Å². The van der Waals surface area contributed by atoms with E-state index in [1.165, 1.54) is 0 Å². The third-order valence-electron chi connectivity index (χ3n) is 3.13. The SMILES string of the molecule is CCOC(OCC)C(=O)c1ccc(-c2ccccc2)cc1. The van der Waals surface area contributed by atoms with Crippen molar-refractivity contribution in [1.29, 1.82) is 0 Å². The summed E-state index contributed by atoms with van der Waals surface area (Å²) in [6, 6.07) is 17.6. The molecule has 0 N–H and O–H groups in total. The Hall–Kier alpha value is -1.97. The summed E-state index contributed by atoms with van der Waals surface area (Å²) in [6.45, 7) is 4.58. The average Bonchev–Trinajstić information content (AvgIpc) is 2.55. The first-order valence-corrected chi connectivity index (χ1v) is 7.19. The predicted octanol–water partition coefficient (Wildman–Crippen LogP) is 3.94. The second-order valence-electron chi connectivity index (χ2n) is 4.55. The molecule has 0 spiro atoms. The van der Waals surface area contributed by atoms with Crippen molar-refractivity contribution in [3.8, 4) is 11.1 Å². The van der Waals surface area contributed by atoms with Crippen LogP contribution < -0.4 is 0 Å². The van der Waals surface area contributed by atoms with E-state index in [1.807, 2.05) is 68.4 Å². The van der Waals surface area contributed by atoms with Gasteiger partial charge in [0.15, 0.2) is 0 Å². The number of rotatable bonds is 7. The molecule has 2 rings (SSSR count). The summed E-state index contributed by atoms with van der Waals surface area (Å²) in [5, 5.41) is 0. The van der Waals surface area contributed by atoms with Crippen LogP contribution >= 0.6 is 0 Å². The summed E-state index contributed by atoms with van der Waals surface area (Å²) < 4.78 is 10.7. The van der Waals surface area contributed by atoms with Gasteiger partial charge in [-0.05, 0) is 25.0 Å². The van der Waals surface area contributed by atoms with Crippen LogP contribution in [0.5, 0.6) is 0 Å². The fourth-order valence-corrected chi connectivity index (χ4v) is 2.10. The lowest BCUT2D eigenvalue weighted by atomic mass is 10.0. The number of ether oxygens (including phenoxy) is 2. The van der Waals surface area contributed by atoms with Gasteiger partial charge in [0.2, 0.25) is 12.1 Å². The molecule has 0 amide bonds. The Balaban J connectivity index is 2.16. The van der Waals surface area contributed by atoms with Crippen LogP contribution in [0.3, 0.4) is 0 Å². The number of hydrogen-bond donors (Lipinski definition) is 0. The van der Waals surface area contributed by atoms with E-state index in [-0.39, 0.29) is 5.78 Å². The molecule has 2 aromatic rings. The fraction of sp³-hybridized carbons (Fsp3) is 0.278. The highest BCUT2D eigenvalue weighted by molar-refractivity contribution is 5.99. The van der Waals surface area contributed by atoms with Crippen molar-refractivity contribution in [3.05, 3.63) is 60.2 Å². The number of benzene rings is 2. The zero-order valence-corrected chi connectivity index (χ0v) is 12.4. The Labute approximate surface area is 125 Å². The third-order valence-corrected chi connectivity index (χ3v) is 3.13. The summed E-state index contributed by atoms with van der Waals surface area (Å²) in [7, 11) is 0. The molecular weight excluding hydrogens is 264 g/mol. The van der Waals surface area contributed by atoms with Crippen LogP contribution in [0.2, 0.25) is 0 Å². The first-order valence-electron chi connectivity index (χ1n) is 7.19. The van der Waals surface area contributed by atoms with Crippen molar-refractivity contribution in [2.45, 2.75) is 20.1 Å². The van der Waals surface area contributed by atoms with Gasteiger partial charge in [0.05, 0.1) is 0 Å². The minimum atomic E-state index is -0.817. The monoisotopic (exact) mass is 284 g/mol. The van der Waals surface area contributed by atoms with Crippen LogP contribution in [0.25, 0.3) is 11.1 Å². The molecule has 0 atom stereocenters. The van der Waals surface area contributed by atoms with Gasteiger partial charge in [-0.3, -0.25) is 4.79 Å². The van der Waals surface area contributed by atoms with Crippen molar-refractivity contribution in [2.75, 3.05) is 13.2 Å². The topological polar surface area (TPSA) is 35.5 Å². The van der Waals surface area contributed by atoms with Gasteiger partial charge in [-0.2, -0.15) is 0 Å². The van der Waals surface area contributed by atoms with Gasteiger partial charge in [-0.15, -0.1) is 0 Å². The van der Waals surface area contributed by atoms with Crippen LogP contribution in [0.15, 0.2) is 54.6 Å². The Bertz CT molecular complexity index is 555. The molecule has 3 heteroatoms. The standard InChI is InChI=1S/C18H20O3/c1-3-20-18(21-4-2)17(19)16-12-10-15(11-13-16)14-8-6-5-7-9-14/h5-13,18H,3-4H2,1-2H3. The molecule has 0 radical (unpaired) electrons. The highest BCUT2D eigenvalue weighted by Gasteiger charge is 2.20. The van der Waals surface area contributed by atoms with E-state index in [0.717, 1.165) is 11.1 Å². The summed E-state index contributed by atoms with van der Waals surface area (Å²) in [5.41, 5.74) is 2.81. The molecule has 0 saturated heterocycles. The maximum absolute atomic E-state index is 12.3. The quantitative estimate of drug-likeness (QED) is 0.571. The average molecular weight is 284 g/mol. The number of ketones is 1. The predicted molar refractivity (Wildman–Crippen MR) is 83.2 cm³/mol. The zero-order valence-electron chi connectivity index (χ0n) is 12.4. The molecule has 0 aliphatic heterocycles. The number of carbonyl (C=O) groups excluding carboxylic acids is 1. The van der Waals surface area contributed by atoms with Crippen LogP contribution in [0, 0.1) is 0 Å². The molecule has 0 heterocycles. The molecule has 110 valence electrons. The van der Waals surface area contributed by atoms with Crippen molar-refractivity contribution in [3.63, 3.8) is 0 Å². The lowest BCUT2D eigenvalue weighted by Crippen LogP contribution is -2.27. The first kappa shape index (κ1) is 15.4. The Morgan fingerprint density at radius 1 is 0.857 bits per heavy atom. The molecule has 21 heavy (non-hydrogen) atoms. The van der Waals surface area contributed by atoms with Crippen LogP contribution in [0.1, 0.15) is 24.2 Å². The van der Waals surface area contributed by atoms with Crippen LogP contribution in [-0.2, 0) is 9.47 Å². The fourth-order valence-electron chi connectivity index (χ4n) is 2.10. The normalized spacial score (nSPS) is 10.8. The lowest BCUT2D eigenvalue weighted by molar-refractivity contribution is -0.107. The molecule has 0 bridgehead atoms. The summed E-state index contributed by atoms with van der Waals surface area (Å²) >= 11 is 0. The highest BCUT2D eigenvalue weighted by Crippen LogP contribution is 2.20. The van der Waals surface area contributed by atoms with Gasteiger partial charge < -0.3 is 9.47 Å². The van der Waals surface area contributed by atoms with Crippen molar-refractivity contribution < 1.29 is 14.3 Å². The minimum absolute atomic E-state index is 0.140. The molecular formula is C18H20O3. The van der Waals surface area contributed by atoms with E-state index >= 15 is 0 Å². The molecule has 0 fully saturated rings. The first-order chi connectivity index (χ1) is 10.3. The maximum atomic E-state index is 12.3. The maximum Gasteiger partial charge on any atom is 0.222 e. The van der Waals surface area contributed by atoms with E-state index in [1.54, 1.807) is 0 Å². The minimum Gasteiger partial charge on any atom is -0.346 e. The van der Waals surface area contributed by atoms with Gasteiger partial charge in [0, 0.05) is 18.8 Å². The highest BCUT2D eigenvalue weighted by atomic mass is 16.7. The van der Waals surface area contributed by atoms with E-state index in [9.17, 15) is 4.79 Å². The van der Waals surface area contributed by atoms with Crippen molar-refractivity contribution in [2.24, 2.45) is 0 Å². The van der Waals surface area contributed by atoms with Crippen molar-refractivity contribution in [1.82, 2.24) is 0 Å². The van der Waals surface area contributed by atoms with Crippen LogP contribution in [0.4, 0.5) is 0 Å². The molecule has 0 saturated carbocycles. The zero-order chi connectivity index (χ0) is 15.1. The van der Waals surface area contributed by atoms with E-state index in [2.05, 4.69) is 0 Å². The second kappa shape index (κ2) is 7.72. The van der Waals surface area contributed by atoms with E-state index < -0.39 is 6.29 Å². The Morgan fingerprint density at radius 3 is 1.90 bits per heavy atom. The number of Topliss-reactive ketones (excluding diaryl/α,β-unsaturated/α-hetero) is 1. The van der Waals surface area contributed by atoms with Gasteiger partial charge in [0.1, 0.15) is 0 Å². The molecule has 3 nitrogen and oxygen atoms in total. The Kier molecular flexibility index (Phi) is 5.67. The molecule has 0 aliphatic carbocycles. The smallest absolute Gasteiger partial charge is 0.222 e. The number of carbonyl (C=O) groups is 1. The molecule has 0 unspecified atom stereocenters. The lowest BCUT2D eigenvalue weighted by Gasteiger charge is -2.15. The van der Waals surface area contributed by atoms with Crippen LogP contribution in [-0.4, -0.2) is 25.3 Å². The molecule has 2 aromatic carbocycles. The van der Waals surface area contributed by atoms with Gasteiger partial charge in [-0.1, -0.05) is 54.6 Å². The second-order valence-corrected chi connectivity index (χ2v) is 4.55. The summed E-state index contributed by atoms with van der Waals surface area (Å²) in [6.07, 6.45) is -0.817. The largest absolute Gasteiger partial charge is 0.346 e. The molecule has 0 aliphatic rings. The third kappa shape index (κ3) is 4.00. The Morgan fingerprint density at radius 2 is 1.38 bits per heavy atom. The van der Waals surface area contributed by atoms with E-state index in [0.29, 0.717) is 18.8 Å². The van der Waals surface area contributed by atoms with E-state index in [4.69, 9.17) is 9.47 Å².